The first-order valence-corrected chi connectivity index (χ1v) is 7.43. The summed E-state index contributed by atoms with van der Waals surface area (Å²) in [6.45, 7) is 0.0467. The van der Waals surface area contributed by atoms with Gasteiger partial charge in [0.2, 0.25) is 0 Å². The number of rotatable bonds is 4. The maximum absolute atomic E-state index is 13.3. The lowest BCUT2D eigenvalue weighted by Crippen LogP contribution is -2.07. The average Bonchev–Trinajstić information content (AvgIpc) is 2.42. The zero-order valence-corrected chi connectivity index (χ0v) is 11.0. The smallest absolute Gasteiger partial charge is 0.182 e. The van der Waals surface area contributed by atoms with Crippen LogP contribution in [-0.2, 0) is 22.1 Å². The molecule has 0 amide bonds. The van der Waals surface area contributed by atoms with Crippen molar-refractivity contribution in [3.8, 4) is 0 Å². The Hall–Kier alpha value is -1.72. The maximum Gasteiger partial charge on any atom is 0.182 e. The molecule has 0 spiro atoms. The largest absolute Gasteiger partial charge is 0.326 e. The minimum absolute atomic E-state index is 0.0467. The van der Waals surface area contributed by atoms with Crippen LogP contribution < -0.4 is 5.73 Å². The van der Waals surface area contributed by atoms with Gasteiger partial charge in [-0.1, -0.05) is 30.3 Å². The molecule has 0 fully saturated rings. The van der Waals surface area contributed by atoms with Crippen LogP contribution in [0.2, 0.25) is 0 Å². The summed E-state index contributed by atoms with van der Waals surface area (Å²) in [5.41, 5.74) is 6.26. The monoisotopic (exact) mass is 279 g/mol. The van der Waals surface area contributed by atoms with E-state index in [2.05, 4.69) is 0 Å². The molecule has 0 radical (unpaired) electrons. The summed E-state index contributed by atoms with van der Waals surface area (Å²) in [4.78, 5) is 0.258. The van der Waals surface area contributed by atoms with E-state index in [0.717, 1.165) is 0 Å². The van der Waals surface area contributed by atoms with E-state index < -0.39 is 15.7 Å². The molecule has 0 unspecified atom stereocenters. The van der Waals surface area contributed by atoms with Gasteiger partial charge in [-0.25, -0.2) is 12.8 Å². The Morgan fingerprint density at radius 2 is 1.74 bits per heavy atom. The second kappa shape index (κ2) is 5.50. The van der Waals surface area contributed by atoms with Gasteiger partial charge in [0.1, 0.15) is 5.82 Å². The van der Waals surface area contributed by atoms with Gasteiger partial charge in [0.25, 0.3) is 0 Å². The van der Waals surface area contributed by atoms with Crippen molar-refractivity contribution < 1.29 is 12.8 Å². The van der Waals surface area contributed by atoms with E-state index in [1.54, 1.807) is 30.3 Å². The molecule has 0 aliphatic rings. The molecule has 5 heteroatoms. The van der Waals surface area contributed by atoms with Crippen molar-refractivity contribution in [1.29, 1.82) is 0 Å². The fourth-order valence-electron chi connectivity index (χ4n) is 1.80. The van der Waals surface area contributed by atoms with Crippen LogP contribution in [0.25, 0.3) is 0 Å². The predicted molar refractivity (Wildman–Crippen MR) is 71.6 cm³/mol. The SMILES string of the molecule is NCc1cc(CS(=O)(=O)c2ccccc2)ccc1F. The Morgan fingerprint density at radius 3 is 2.37 bits per heavy atom. The van der Waals surface area contributed by atoms with Crippen LogP contribution in [0.4, 0.5) is 4.39 Å². The molecule has 3 nitrogen and oxygen atoms in total. The van der Waals surface area contributed by atoms with Crippen molar-refractivity contribution in [2.24, 2.45) is 5.73 Å². The van der Waals surface area contributed by atoms with Crippen LogP contribution in [0.3, 0.4) is 0 Å². The molecule has 100 valence electrons. The van der Waals surface area contributed by atoms with Gasteiger partial charge in [0.05, 0.1) is 10.6 Å². The van der Waals surface area contributed by atoms with Gasteiger partial charge in [-0.3, -0.25) is 0 Å². The Bertz CT molecular complexity index is 669. The molecule has 0 saturated heterocycles. The van der Waals surface area contributed by atoms with E-state index in [9.17, 15) is 12.8 Å². The Balaban J connectivity index is 2.31. The highest BCUT2D eigenvalue weighted by Gasteiger charge is 2.15. The van der Waals surface area contributed by atoms with Crippen molar-refractivity contribution in [1.82, 2.24) is 0 Å². The van der Waals surface area contributed by atoms with E-state index in [4.69, 9.17) is 5.73 Å². The Morgan fingerprint density at radius 1 is 1.05 bits per heavy atom. The first kappa shape index (κ1) is 13.7. The number of halogens is 1. The minimum atomic E-state index is -3.41. The van der Waals surface area contributed by atoms with Crippen LogP contribution in [0, 0.1) is 5.82 Å². The van der Waals surface area contributed by atoms with Crippen molar-refractivity contribution >= 4 is 9.84 Å². The fourth-order valence-corrected chi connectivity index (χ4v) is 3.16. The molecular weight excluding hydrogens is 265 g/mol. The molecule has 0 bridgehead atoms. The molecule has 2 aromatic rings. The first-order valence-electron chi connectivity index (χ1n) is 5.78. The van der Waals surface area contributed by atoms with E-state index in [0.29, 0.717) is 11.1 Å². The zero-order valence-electron chi connectivity index (χ0n) is 10.2. The van der Waals surface area contributed by atoms with E-state index >= 15 is 0 Å². The second-order valence-electron chi connectivity index (χ2n) is 4.20. The zero-order chi connectivity index (χ0) is 13.9. The van der Waals surface area contributed by atoms with E-state index in [1.807, 2.05) is 0 Å². The van der Waals surface area contributed by atoms with Crippen molar-refractivity contribution in [2.75, 3.05) is 0 Å². The Kier molecular flexibility index (Phi) is 3.97. The molecular formula is C14H14FNO2S. The number of sulfone groups is 1. The lowest BCUT2D eigenvalue weighted by Gasteiger charge is -2.07. The second-order valence-corrected chi connectivity index (χ2v) is 6.19. The number of hydrogen-bond donors (Lipinski definition) is 1. The maximum atomic E-state index is 13.3. The molecule has 2 aromatic carbocycles. The van der Waals surface area contributed by atoms with Crippen LogP contribution >= 0.6 is 0 Å². The van der Waals surface area contributed by atoms with E-state index in [1.165, 1.54) is 18.2 Å². The summed E-state index contributed by atoms with van der Waals surface area (Å²) >= 11 is 0. The highest BCUT2D eigenvalue weighted by atomic mass is 32.2. The standard InChI is InChI=1S/C14H14FNO2S/c15-14-7-6-11(8-12(14)9-16)10-19(17,18)13-4-2-1-3-5-13/h1-8H,9-10,16H2. The summed E-state index contributed by atoms with van der Waals surface area (Å²) in [6, 6.07) is 12.4. The first-order chi connectivity index (χ1) is 9.03. The topological polar surface area (TPSA) is 60.2 Å². The fraction of sp³-hybridized carbons (Fsp3) is 0.143. The van der Waals surface area contributed by atoms with Crippen molar-refractivity contribution in [3.05, 3.63) is 65.5 Å². The number of benzene rings is 2. The van der Waals surface area contributed by atoms with Gasteiger partial charge in [0, 0.05) is 12.1 Å². The molecule has 19 heavy (non-hydrogen) atoms. The van der Waals surface area contributed by atoms with Gasteiger partial charge in [-0.2, -0.15) is 0 Å². The van der Waals surface area contributed by atoms with Gasteiger partial charge in [0.15, 0.2) is 9.84 Å². The molecule has 2 rings (SSSR count). The van der Waals surface area contributed by atoms with Crippen LogP contribution in [0.5, 0.6) is 0 Å². The molecule has 0 aliphatic heterocycles. The van der Waals surface area contributed by atoms with Gasteiger partial charge in [-0.05, 0) is 23.8 Å². The minimum Gasteiger partial charge on any atom is -0.326 e. The van der Waals surface area contributed by atoms with E-state index in [-0.39, 0.29) is 17.2 Å². The van der Waals surface area contributed by atoms with Crippen molar-refractivity contribution in [2.45, 2.75) is 17.2 Å². The average molecular weight is 279 g/mol. The quantitative estimate of drug-likeness (QED) is 0.934. The molecule has 0 aliphatic carbocycles. The molecule has 0 aromatic heterocycles. The van der Waals surface area contributed by atoms with Crippen LogP contribution in [0.1, 0.15) is 11.1 Å². The lowest BCUT2D eigenvalue weighted by atomic mass is 10.1. The summed E-state index contributed by atoms with van der Waals surface area (Å²) < 4.78 is 37.6. The third kappa shape index (κ3) is 3.19. The van der Waals surface area contributed by atoms with Gasteiger partial charge >= 0.3 is 0 Å². The van der Waals surface area contributed by atoms with Gasteiger partial charge < -0.3 is 5.73 Å². The summed E-state index contributed by atoms with van der Waals surface area (Å²) in [6.07, 6.45) is 0. The normalized spacial score (nSPS) is 11.5. The van der Waals surface area contributed by atoms with Gasteiger partial charge in [-0.15, -0.1) is 0 Å². The summed E-state index contributed by atoms with van der Waals surface area (Å²) in [5.74, 6) is -0.576. The number of hydrogen-bond acceptors (Lipinski definition) is 3. The Labute approximate surface area is 111 Å². The van der Waals surface area contributed by atoms with Crippen LogP contribution in [0.15, 0.2) is 53.4 Å². The molecule has 0 saturated carbocycles. The summed E-state index contributed by atoms with van der Waals surface area (Å²) in [7, 11) is -3.41. The highest BCUT2D eigenvalue weighted by molar-refractivity contribution is 7.90. The molecule has 0 atom stereocenters. The lowest BCUT2D eigenvalue weighted by molar-refractivity contribution is 0.594. The number of nitrogens with two attached hydrogens (primary N) is 1. The summed E-state index contributed by atoms with van der Waals surface area (Å²) in [5, 5.41) is 0. The molecule has 0 heterocycles. The highest BCUT2D eigenvalue weighted by Crippen LogP contribution is 2.18. The third-order valence-corrected chi connectivity index (χ3v) is 4.49. The van der Waals surface area contributed by atoms with Crippen LogP contribution in [-0.4, -0.2) is 8.42 Å². The van der Waals surface area contributed by atoms with Crippen molar-refractivity contribution in [3.63, 3.8) is 0 Å². The molecule has 2 N–H and O–H groups in total. The predicted octanol–water partition coefficient (Wildman–Crippen LogP) is 2.26. The third-order valence-electron chi connectivity index (χ3n) is 2.79.